The van der Waals surface area contributed by atoms with Gasteiger partial charge in [-0.2, -0.15) is 0 Å². The van der Waals surface area contributed by atoms with Crippen LogP contribution in [0.2, 0.25) is 5.02 Å². The highest BCUT2D eigenvalue weighted by Crippen LogP contribution is 2.16. The molecule has 0 unspecified atom stereocenters. The van der Waals surface area contributed by atoms with Gasteiger partial charge in [0.15, 0.2) is 0 Å². The number of halogens is 1. The van der Waals surface area contributed by atoms with E-state index in [1.807, 2.05) is 45.0 Å². The van der Waals surface area contributed by atoms with Crippen LogP contribution in [0.4, 0.5) is 0 Å². The zero-order valence-electron chi connectivity index (χ0n) is 11.5. The Hall–Kier alpha value is -0.380. The van der Waals surface area contributed by atoms with Crippen molar-refractivity contribution in [3.8, 4) is 0 Å². The van der Waals surface area contributed by atoms with Gasteiger partial charge in [-0.1, -0.05) is 23.7 Å². The Balaban J connectivity index is 2.40. The molecule has 0 aromatic heterocycles. The molecule has 1 N–H and O–H groups in total. The van der Waals surface area contributed by atoms with Crippen molar-refractivity contribution in [3.63, 3.8) is 0 Å². The molecular formula is C14H22ClNOS. The lowest BCUT2D eigenvalue weighted by atomic mass is 10.1. The molecule has 102 valence electrons. The minimum atomic E-state index is -0.797. The molecule has 0 saturated carbocycles. The van der Waals surface area contributed by atoms with Gasteiger partial charge in [-0.3, -0.25) is 4.21 Å². The molecule has 0 aliphatic rings. The quantitative estimate of drug-likeness (QED) is 0.897. The summed E-state index contributed by atoms with van der Waals surface area (Å²) in [6.45, 7) is 8.88. The summed E-state index contributed by atoms with van der Waals surface area (Å²) in [6.07, 6.45) is 0. The zero-order valence-corrected chi connectivity index (χ0v) is 13.1. The van der Waals surface area contributed by atoms with E-state index in [9.17, 15) is 4.21 Å². The first kappa shape index (κ1) is 15.7. The summed E-state index contributed by atoms with van der Waals surface area (Å²) in [5.74, 6) is 0.682. The molecule has 1 aromatic rings. The van der Waals surface area contributed by atoms with Gasteiger partial charge in [0, 0.05) is 38.9 Å². The normalized spacial score (nSPS) is 15.4. The summed E-state index contributed by atoms with van der Waals surface area (Å²) < 4.78 is 11.7. The first-order valence-corrected chi connectivity index (χ1v) is 7.87. The van der Waals surface area contributed by atoms with Gasteiger partial charge < -0.3 is 5.32 Å². The van der Waals surface area contributed by atoms with Crippen LogP contribution in [0.5, 0.6) is 0 Å². The van der Waals surface area contributed by atoms with E-state index in [1.165, 1.54) is 5.56 Å². The van der Waals surface area contributed by atoms with E-state index in [0.29, 0.717) is 5.75 Å². The van der Waals surface area contributed by atoms with Crippen molar-refractivity contribution in [3.05, 3.63) is 34.9 Å². The molecule has 2 nitrogen and oxygen atoms in total. The Bertz CT molecular complexity index is 397. The fraction of sp³-hybridized carbons (Fsp3) is 0.571. The Kier molecular flexibility index (Phi) is 5.83. The maximum absolute atomic E-state index is 11.9. The number of rotatable bonds is 5. The lowest BCUT2D eigenvalue weighted by Crippen LogP contribution is -2.30. The molecule has 0 bridgehead atoms. The minimum absolute atomic E-state index is 0.134. The average Bonchev–Trinajstić information content (AvgIpc) is 2.28. The lowest BCUT2D eigenvalue weighted by Gasteiger charge is -2.19. The summed E-state index contributed by atoms with van der Waals surface area (Å²) in [4.78, 5) is 0. The van der Waals surface area contributed by atoms with Crippen molar-refractivity contribution in [2.45, 2.75) is 38.5 Å². The molecule has 2 atom stereocenters. The minimum Gasteiger partial charge on any atom is -0.309 e. The van der Waals surface area contributed by atoms with Crippen LogP contribution in [-0.4, -0.2) is 21.3 Å². The van der Waals surface area contributed by atoms with E-state index in [0.717, 1.165) is 11.6 Å². The van der Waals surface area contributed by atoms with Crippen molar-refractivity contribution in [2.75, 3.05) is 12.3 Å². The maximum atomic E-state index is 11.9. The van der Waals surface area contributed by atoms with Crippen LogP contribution in [0.3, 0.4) is 0 Å². The van der Waals surface area contributed by atoms with E-state index in [1.54, 1.807) is 0 Å². The molecule has 18 heavy (non-hydrogen) atoms. The Morgan fingerprint density at radius 3 is 2.33 bits per heavy atom. The molecule has 4 heteroatoms. The van der Waals surface area contributed by atoms with Gasteiger partial charge in [0.1, 0.15) is 0 Å². The zero-order chi connectivity index (χ0) is 13.8. The molecule has 0 fully saturated rings. The van der Waals surface area contributed by atoms with Gasteiger partial charge in [0.2, 0.25) is 0 Å². The van der Waals surface area contributed by atoms with Crippen LogP contribution in [-0.2, 0) is 10.8 Å². The van der Waals surface area contributed by atoms with Crippen LogP contribution in [0.25, 0.3) is 0 Å². The third kappa shape index (κ3) is 5.09. The van der Waals surface area contributed by atoms with Gasteiger partial charge in [0.05, 0.1) is 0 Å². The second-order valence-electron chi connectivity index (χ2n) is 5.39. The highest BCUT2D eigenvalue weighted by molar-refractivity contribution is 7.86. The highest BCUT2D eigenvalue weighted by Gasteiger charge is 2.18. The first-order chi connectivity index (χ1) is 8.30. The largest absolute Gasteiger partial charge is 0.309 e. The summed E-state index contributed by atoms with van der Waals surface area (Å²) in [6, 6.07) is 8.06. The summed E-state index contributed by atoms with van der Waals surface area (Å²) in [7, 11) is -0.797. The summed E-state index contributed by atoms with van der Waals surface area (Å²) >= 11 is 5.85. The number of hydrogen-bond acceptors (Lipinski definition) is 2. The number of hydrogen-bond donors (Lipinski definition) is 1. The van der Waals surface area contributed by atoms with Crippen LogP contribution >= 0.6 is 11.6 Å². The van der Waals surface area contributed by atoms with E-state index in [4.69, 9.17) is 11.6 Å². The van der Waals surface area contributed by atoms with Gasteiger partial charge in [-0.25, -0.2) is 0 Å². The van der Waals surface area contributed by atoms with Crippen molar-refractivity contribution in [1.29, 1.82) is 0 Å². The van der Waals surface area contributed by atoms with Gasteiger partial charge >= 0.3 is 0 Å². The van der Waals surface area contributed by atoms with Crippen LogP contribution < -0.4 is 5.32 Å². The topological polar surface area (TPSA) is 29.1 Å². The van der Waals surface area contributed by atoms with E-state index >= 15 is 0 Å². The van der Waals surface area contributed by atoms with Crippen LogP contribution in [0.15, 0.2) is 24.3 Å². The molecule has 0 amide bonds. The second kappa shape index (κ2) is 6.69. The third-order valence-electron chi connectivity index (χ3n) is 2.79. The number of nitrogens with one attached hydrogen (secondary N) is 1. The van der Waals surface area contributed by atoms with Crippen molar-refractivity contribution >= 4 is 22.4 Å². The first-order valence-electron chi connectivity index (χ1n) is 6.18. The number of benzene rings is 1. The molecule has 0 aliphatic carbocycles. The van der Waals surface area contributed by atoms with E-state index in [-0.39, 0.29) is 10.8 Å². The van der Waals surface area contributed by atoms with Gasteiger partial charge in [-0.15, -0.1) is 0 Å². The highest BCUT2D eigenvalue weighted by atomic mass is 35.5. The fourth-order valence-corrected chi connectivity index (χ4v) is 2.59. The molecule has 1 aromatic carbocycles. The van der Waals surface area contributed by atoms with Crippen molar-refractivity contribution < 1.29 is 4.21 Å². The SMILES string of the molecule is C[C@@H](NCC[S@@](=O)C(C)(C)C)c1ccc(Cl)cc1. The third-order valence-corrected chi connectivity index (χ3v) is 4.98. The summed E-state index contributed by atoms with van der Waals surface area (Å²) in [5, 5.41) is 4.14. The fourth-order valence-electron chi connectivity index (χ4n) is 1.54. The van der Waals surface area contributed by atoms with Crippen LogP contribution in [0, 0.1) is 0 Å². The predicted octanol–water partition coefficient (Wildman–Crippen LogP) is 3.54. The molecule has 0 spiro atoms. The molecule has 0 aliphatic heterocycles. The molecule has 0 saturated heterocycles. The standard InChI is InChI=1S/C14H22ClNOS/c1-11(12-5-7-13(15)8-6-12)16-9-10-18(17)14(2,3)4/h5-8,11,16H,9-10H2,1-4H3/t11-,18-/m1/s1. The second-order valence-corrected chi connectivity index (χ2v) is 8.15. The Labute approximate surface area is 118 Å². The van der Waals surface area contributed by atoms with Crippen molar-refractivity contribution in [2.24, 2.45) is 0 Å². The molecule has 1 rings (SSSR count). The van der Waals surface area contributed by atoms with Gasteiger partial charge in [0.25, 0.3) is 0 Å². The monoisotopic (exact) mass is 287 g/mol. The Morgan fingerprint density at radius 2 is 1.83 bits per heavy atom. The average molecular weight is 288 g/mol. The lowest BCUT2D eigenvalue weighted by molar-refractivity contribution is 0.591. The predicted molar refractivity (Wildman–Crippen MR) is 80.6 cm³/mol. The van der Waals surface area contributed by atoms with Crippen LogP contribution in [0.1, 0.15) is 39.3 Å². The van der Waals surface area contributed by atoms with Crippen molar-refractivity contribution in [1.82, 2.24) is 5.32 Å². The smallest absolute Gasteiger partial charge is 0.0406 e. The van der Waals surface area contributed by atoms with E-state index in [2.05, 4.69) is 12.2 Å². The van der Waals surface area contributed by atoms with Gasteiger partial charge in [-0.05, 0) is 45.4 Å². The Morgan fingerprint density at radius 1 is 1.28 bits per heavy atom. The molecule has 0 heterocycles. The van der Waals surface area contributed by atoms with E-state index < -0.39 is 10.8 Å². The summed E-state index contributed by atoms with van der Waals surface area (Å²) in [5.41, 5.74) is 1.20. The maximum Gasteiger partial charge on any atom is 0.0406 e. The molecular weight excluding hydrogens is 266 g/mol. The molecule has 0 radical (unpaired) electrons.